The molecule has 3 N–H and O–H groups in total. The highest BCUT2D eigenvalue weighted by molar-refractivity contribution is 5.96. The molecule has 0 bridgehead atoms. The molecule has 27 heavy (non-hydrogen) atoms. The molecule has 7 heteroatoms. The van der Waals surface area contributed by atoms with E-state index in [2.05, 4.69) is 20.8 Å². The van der Waals surface area contributed by atoms with E-state index in [0.29, 0.717) is 13.1 Å². The van der Waals surface area contributed by atoms with Gasteiger partial charge >= 0.3 is 6.03 Å². The summed E-state index contributed by atoms with van der Waals surface area (Å²) in [4.78, 5) is 26.9. The fourth-order valence-corrected chi connectivity index (χ4v) is 3.36. The SMILES string of the molecule is O=C(Nc1ccc2[nH]ncc2c1)C1CCCN(C(=O)Nc2ccccc2)C1. The van der Waals surface area contributed by atoms with Gasteiger partial charge in [0.2, 0.25) is 5.91 Å². The molecule has 0 aliphatic carbocycles. The summed E-state index contributed by atoms with van der Waals surface area (Å²) in [5, 5.41) is 13.7. The smallest absolute Gasteiger partial charge is 0.321 e. The number of aromatic nitrogens is 2. The maximum absolute atomic E-state index is 12.7. The second kappa shape index (κ2) is 7.49. The zero-order chi connectivity index (χ0) is 18.6. The third kappa shape index (κ3) is 3.92. The number of benzene rings is 2. The van der Waals surface area contributed by atoms with Crippen molar-refractivity contribution in [3.63, 3.8) is 0 Å². The highest BCUT2D eigenvalue weighted by atomic mass is 16.2. The summed E-state index contributed by atoms with van der Waals surface area (Å²) in [5.41, 5.74) is 2.41. The van der Waals surface area contributed by atoms with E-state index in [4.69, 9.17) is 0 Å². The Labute approximate surface area is 156 Å². The number of hydrogen-bond acceptors (Lipinski definition) is 3. The minimum atomic E-state index is -0.222. The predicted octanol–water partition coefficient (Wildman–Crippen LogP) is 3.45. The number of H-pyrrole nitrogens is 1. The highest BCUT2D eigenvalue weighted by Crippen LogP contribution is 2.21. The van der Waals surface area contributed by atoms with E-state index in [1.807, 2.05) is 48.5 Å². The Hall–Kier alpha value is -3.35. The topological polar surface area (TPSA) is 90.1 Å². The van der Waals surface area contributed by atoms with Gasteiger partial charge in [-0.15, -0.1) is 0 Å². The van der Waals surface area contributed by atoms with Gasteiger partial charge in [0.1, 0.15) is 0 Å². The van der Waals surface area contributed by atoms with Crippen LogP contribution in [-0.2, 0) is 4.79 Å². The lowest BCUT2D eigenvalue weighted by Gasteiger charge is -2.32. The van der Waals surface area contributed by atoms with Gasteiger partial charge in [-0.3, -0.25) is 9.89 Å². The van der Waals surface area contributed by atoms with Crippen molar-refractivity contribution in [2.24, 2.45) is 5.92 Å². The molecule has 1 aromatic heterocycles. The number of aromatic amines is 1. The quantitative estimate of drug-likeness (QED) is 0.666. The fraction of sp³-hybridized carbons (Fsp3) is 0.250. The number of para-hydroxylation sites is 1. The average Bonchev–Trinajstić information content (AvgIpc) is 3.16. The molecule has 1 unspecified atom stereocenters. The lowest BCUT2D eigenvalue weighted by Crippen LogP contribution is -2.45. The van der Waals surface area contributed by atoms with E-state index in [0.717, 1.165) is 35.1 Å². The maximum atomic E-state index is 12.7. The van der Waals surface area contributed by atoms with Gasteiger partial charge in [0.25, 0.3) is 0 Å². The zero-order valence-electron chi connectivity index (χ0n) is 14.8. The number of nitrogens with zero attached hydrogens (tertiary/aromatic N) is 2. The average molecular weight is 363 g/mol. The van der Waals surface area contributed by atoms with Gasteiger partial charge in [0.05, 0.1) is 17.6 Å². The molecule has 3 amide bonds. The van der Waals surface area contributed by atoms with Crippen LogP contribution in [0.2, 0.25) is 0 Å². The van der Waals surface area contributed by atoms with E-state index in [-0.39, 0.29) is 17.9 Å². The number of fused-ring (bicyclic) bond motifs is 1. The third-order valence-electron chi connectivity index (χ3n) is 4.81. The molecule has 138 valence electrons. The Balaban J connectivity index is 1.38. The highest BCUT2D eigenvalue weighted by Gasteiger charge is 2.28. The molecule has 1 saturated heterocycles. The lowest BCUT2D eigenvalue weighted by atomic mass is 9.97. The number of nitrogens with one attached hydrogen (secondary N) is 3. The standard InChI is InChI=1S/C20H21N5O2/c26-19(22-17-8-9-18-15(11-17)12-21-24-18)14-5-4-10-25(13-14)20(27)23-16-6-2-1-3-7-16/h1-3,6-9,11-12,14H,4-5,10,13H2,(H,21,24)(H,22,26)(H,23,27). The van der Waals surface area contributed by atoms with Gasteiger partial charge in [0.15, 0.2) is 0 Å². The van der Waals surface area contributed by atoms with E-state index in [9.17, 15) is 9.59 Å². The molecule has 1 aliphatic rings. The van der Waals surface area contributed by atoms with E-state index < -0.39 is 0 Å². The van der Waals surface area contributed by atoms with Gasteiger partial charge in [0, 0.05) is 29.9 Å². The normalized spacial score (nSPS) is 16.9. The summed E-state index contributed by atoms with van der Waals surface area (Å²) in [6, 6.07) is 14.8. The molecule has 4 rings (SSSR count). The van der Waals surface area contributed by atoms with Crippen LogP contribution in [0.1, 0.15) is 12.8 Å². The first-order valence-electron chi connectivity index (χ1n) is 9.04. The van der Waals surface area contributed by atoms with Crippen LogP contribution >= 0.6 is 0 Å². The summed E-state index contributed by atoms with van der Waals surface area (Å²) in [6.45, 7) is 1.07. The second-order valence-corrected chi connectivity index (χ2v) is 6.74. The summed E-state index contributed by atoms with van der Waals surface area (Å²) < 4.78 is 0. The molecule has 3 aromatic rings. The molecule has 0 spiro atoms. The fourth-order valence-electron chi connectivity index (χ4n) is 3.36. The van der Waals surface area contributed by atoms with Crippen molar-refractivity contribution in [3.05, 3.63) is 54.7 Å². The number of anilines is 2. The van der Waals surface area contributed by atoms with Crippen LogP contribution in [0, 0.1) is 5.92 Å². The van der Waals surface area contributed by atoms with Crippen LogP contribution in [-0.4, -0.2) is 40.1 Å². The van der Waals surface area contributed by atoms with Crippen molar-refractivity contribution in [2.75, 3.05) is 23.7 Å². The van der Waals surface area contributed by atoms with Crippen molar-refractivity contribution < 1.29 is 9.59 Å². The number of amides is 3. The number of carbonyl (C=O) groups excluding carboxylic acids is 2. The van der Waals surface area contributed by atoms with Crippen LogP contribution in [0.15, 0.2) is 54.7 Å². The number of carbonyl (C=O) groups is 2. The third-order valence-corrected chi connectivity index (χ3v) is 4.81. The van der Waals surface area contributed by atoms with Crippen molar-refractivity contribution >= 4 is 34.2 Å². The first-order chi connectivity index (χ1) is 13.2. The summed E-state index contributed by atoms with van der Waals surface area (Å²) in [7, 11) is 0. The molecule has 7 nitrogen and oxygen atoms in total. The Kier molecular flexibility index (Phi) is 4.74. The van der Waals surface area contributed by atoms with Crippen LogP contribution < -0.4 is 10.6 Å². The second-order valence-electron chi connectivity index (χ2n) is 6.74. The minimum absolute atomic E-state index is 0.0601. The molecule has 2 heterocycles. The molecule has 1 atom stereocenters. The largest absolute Gasteiger partial charge is 0.326 e. The van der Waals surface area contributed by atoms with Crippen LogP contribution in [0.3, 0.4) is 0 Å². The molecular weight excluding hydrogens is 342 g/mol. The van der Waals surface area contributed by atoms with Gasteiger partial charge < -0.3 is 15.5 Å². The molecule has 2 aromatic carbocycles. The van der Waals surface area contributed by atoms with E-state index >= 15 is 0 Å². The van der Waals surface area contributed by atoms with Gasteiger partial charge in [-0.25, -0.2) is 4.79 Å². The van der Waals surface area contributed by atoms with Crippen LogP contribution in [0.4, 0.5) is 16.2 Å². The van der Waals surface area contributed by atoms with Gasteiger partial charge in [-0.2, -0.15) is 5.10 Å². The molecular formula is C20H21N5O2. The zero-order valence-corrected chi connectivity index (χ0v) is 14.8. The van der Waals surface area contributed by atoms with Crippen LogP contribution in [0.5, 0.6) is 0 Å². The maximum Gasteiger partial charge on any atom is 0.321 e. The van der Waals surface area contributed by atoms with E-state index in [1.165, 1.54) is 0 Å². The number of hydrogen-bond donors (Lipinski definition) is 3. The van der Waals surface area contributed by atoms with Crippen molar-refractivity contribution in [3.8, 4) is 0 Å². The van der Waals surface area contributed by atoms with Gasteiger partial charge in [-0.05, 0) is 43.2 Å². The molecule has 0 radical (unpaired) electrons. The number of urea groups is 1. The Morgan fingerprint density at radius 1 is 1.07 bits per heavy atom. The first kappa shape index (κ1) is 17.1. The summed E-state index contributed by atoms with van der Waals surface area (Å²) >= 11 is 0. The van der Waals surface area contributed by atoms with Crippen molar-refractivity contribution in [1.82, 2.24) is 15.1 Å². The Morgan fingerprint density at radius 3 is 2.78 bits per heavy atom. The molecule has 1 fully saturated rings. The van der Waals surface area contributed by atoms with Crippen molar-refractivity contribution in [1.29, 1.82) is 0 Å². The summed E-state index contributed by atoms with van der Waals surface area (Å²) in [5.74, 6) is -0.282. The minimum Gasteiger partial charge on any atom is -0.326 e. The molecule has 0 saturated carbocycles. The van der Waals surface area contributed by atoms with E-state index in [1.54, 1.807) is 11.1 Å². The lowest BCUT2D eigenvalue weighted by molar-refractivity contribution is -0.121. The van der Waals surface area contributed by atoms with Crippen molar-refractivity contribution in [2.45, 2.75) is 12.8 Å². The number of piperidine rings is 1. The Bertz CT molecular complexity index is 953. The van der Waals surface area contributed by atoms with Gasteiger partial charge in [-0.1, -0.05) is 18.2 Å². The summed E-state index contributed by atoms with van der Waals surface area (Å²) in [6.07, 6.45) is 3.30. The first-order valence-corrected chi connectivity index (χ1v) is 9.04. The molecule has 1 aliphatic heterocycles. The number of rotatable bonds is 3. The Morgan fingerprint density at radius 2 is 1.93 bits per heavy atom. The number of likely N-dealkylation sites (tertiary alicyclic amines) is 1. The van der Waals surface area contributed by atoms with Crippen LogP contribution in [0.25, 0.3) is 10.9 Å². The predicted molar refractivity (Wildman–Crippen MR) is 104 cm³/mol. The monoisotopic (exact) mass is 363 g/mol.